The smallest absolute Gasteiger partial charge is 0.207 e. The Labute approximate surface area is 205 Å². The summed E-state index contributed by atoms with van der Waals surface area (Å²) in [5.41, 5.74) is 0.287. The molecular formula is C28H38F4P2. The molecule has 1 aliphatic carbocycles. The SMILES string of the molecule is C[C@H](C1CCC[C@@H]1P(c1ccc(F)cc1)c1ccc(C(F)(F)F)cc1)P(C(C)(C)C)C(C)(C)C. The van der Waals surface area contributed by atoms with Crippen LogP contribution in [0.3, 0.4) is 0 Å². The molecule has 2 aromatic rings. The number of halogens is 4. The Morgan fingerprint density at radius 2 is 1.24 bits per heavy atom. The van der Waals surface area contributed by atoms with E-state index in [1.165, 1.54) is 24.3 Å². The van der Waals surface area contributed by atoms with Crippen molar-refractivity contribution in [2.24, 2.45) is 5.92 Å². The predicted octanol–water partition coefficient (Wildman–Crippen LogP) is 8.91. The maximum atomic E-state index is 13.8. The van der Waals surface area contributed by atoms with Gasteiger partial charge in [-0.25, -0.2) is 4.39 Å². The highest BCUT2D eigenvalue weighted by atomic mass is 31.1. The molecule has 1 aliphatic rings. The highest BCUT2D eigenvalue weighted by Crippen LogP contribution is 2.67. The van der Waals surface area contributed by atoms with Gasteiger partial charge >= 0.3 is 6.18 Å². The van der Waals surface area contributed by atoms with Crippen LogP contribution in [0.25, 0.3) is 0 Å². The lowest BCUT2D eigenvalue weighted by Gasteiger charge is -2.49. The fourth-order valence-corrected chi connectivity index (χ4v) is 14.8. The van der Waals surface area contributed by atoms with E-state index in [-0.39, 0.29) is 24.1 Å². The van der Waals surface area contributed by atoms with Crippen LogP contribution in [0.5, 0.6) is 0 Å². The zero-order chi connectivity index (χ0) is 25.5. The van der Waals surface area contributed by atoms with Crippen molar-refractivity contribution in [3.8, 4) is 0 Å². The van der Waals surface area contributed by atoms with Gasteiger partial charge in [-0.15, -0.1) is 0 Å². The van der Waals surface area contributed by atoms with Gasteiger partial charge in [0.1, 0.15) is 5.82 Å². The van der Waals surface area contributed by atoms with E-state index in [0.29, 0.717) is 17.2 Å². The van der Waals surface area contributed by atoms with E-state index < -0.39 is 19.7 Å². The average Bonchev–Trinajstić information content (AvgIpc) is 3.16. The quantitative estimate of drug-likeness (QED) is 0.277. The molecule has 3 rings (SSSR count). The van der Waals surface area contributed by atoms with E-state index in [1.807, 2.05) is 12.1 Å². The number of hydrogen-bond acceptors (Lipinski definition) is 0. The molecule has 1 saturated carbocycles. The first-order chi connectivity index (χ1) is 15.6. The van der Waals surface area contributed by atoms with Gasteiger partial charge in [0, 0.05) is 0 Å². The summed E-state index contributed by atoms with van der Waals surface area (Å²) in [6.07, 6.45) is -0.997. The van der Waals surface area contributed by atoms with E-state index in [4.69, 9.17) is 0 Å². The number of hydrogen-bond donors (Lipinski definition) is 0. The van der Waals surface area contributed by atoms with Crippen molar-refractivity contribution in [3.63, 3.8) is 0 Å². The third-order valence-corrected chi connectivity index (χ3v) is 14.0. The third kappa shape index (κ3) is 6.22. The van der Waals surface area contributed by atoms with E-state index in [2.05, 4.69) is 48.5 Å². The summed E-state index contributed by atoms with van der Waals surface area (Å²) in [6.45, 7) is 16.5. The molecule has 0 N–H and O–H groups in total. The average molecular weight is 513 g/mol. The molecule has 0 saturated heterocycles. The number of alkyl halides is 3. The van der Waals surface area contributed by atoms with Crippen LogP contribution in [-0.4, -0.2) is 21.6 Å². The molecule has 0 amide bonds. The van der Waals surface area contributed by atoms with Gasteiger partial charge < -0.3 is 0 Å². The molecule has 0 nitrogen and oxygen atoms in total. The van der Waals surface area contributed by atoms with Crippen molar-refractivity contribution in [1.82, 2.24) is 0 Å². The normalized spacial score (nSPS) is 21.6. The summed E-state index contributed by atoms with van der Waals surface area (Å²) in [6, 6.07) is 12.4. The molecule has 4 atom stereocenters. The molecule has 0 spiro atoms. The molecule has 0 aliphatic heterocycles. The summed E-state index contributed by atoms with van der Waals surface area (Å²) in [5, 5.41) is 2.41. The summed E-state index contributed by atoms with van der Waals surface area (Å²) in [5.74, 6) is 0.217. The minimum atomic E-state index is -4.35. The Kier molecular flexibility index (Phi) is 8.26. The molecule has 6 heteroatoms. The molecule has 0 radical (unpaired) electrons. The second-order valence-corrected chi connectivity index (χ2v) is 18.2. The van der Waals surface area contributed by atoms with Gasteiger partial charge in [-0.1, -0.05) is 87.1 Å². The van der Waals surface area contributed by atoms with Crippen LogP contribution >= 0.6 is 15.8 Å². The molecule has 0 aromatic heterocycles. The van der Waals surface area contributed by atoms with E-state index >= 15 is 0 Å². The molecule has 34 heavy (non-hydrogen) atoms. The zero-order valence-electron chi connectivity index (χ0n) is 21.4. The van der Waals surface area contributed by atoms with Crippen molar-refractivity contribution in [3.05, 3.63) is 59.9 Å². The molecule has 0 heterocycles. The maximum Gasteiger partial charge on any atom is 0.416 e. The van der Waals surface area contributed by atoms with Gasteiger partial charge in [0.05, 0.1) is 5.56 Å². The van der Waals surface area contributed by atoms with Gasteiger partial charge in [0.2, 0.25) is 0 Å². The second-order valence-electron chi connectivity index (χ2n) is 11.5. The first-order valence-corrected chi connectivity index (χ1v) is 14.9. The van der Waals surface area contributed by atoms with Crippen LogP contribution in [0.2, 0.25) is 0 Å². The van der Waals surface area contributed by atoms with E-state index in [0.717, 1.165) is 29.9 Å². The maximum absolute atomic E-state index is 13.8. The van der Waals surface area contributed by atoms with Crippen molar-refractivity contribution in [2.45, 2.75) is 95.5 Å². The minimum Gasteiger partial charge on any atom is -0.207 e. The summed E-state index contributed by atoms with van der Waals surface area (Å²) in [7, 11) is -1.23. The van der Waals surface area contributed by atoms with Crippen LogP contribution in [0.15, 0.2) is 48.5 Å². The monoisotopic (exact) mass is 512 g/mol. The van der Waals surface area contributed by atoms with Crippen LogP contribution in [0.4, 0.5) is 17.6 Å². The lowest BCUT2D eigenvalue weighted by Crippen LogP contribution is -2.37. The van der Waals surface area contributed by atoms with Crippen molar-refractivity contribution in [2.75, 3.05) is 0 Å². The largest absolute Gasteiger partial charge is 0.416 e. The predicted molar refractivity (Wildman–Crippen MR) is 141 cm³/mol. The summed E-state index contributed by atoms with van der Waals surface area (Å²) in [4.78, 5) is 0. The van der Waals surface area contributed by atoms with E-state index in [9.17, 15) is 17.6 Å². The number of benzene rings is 2. The molecule has 2 aromatic carbocycles. The molecule has 1 fully saturated rings. The fraction of sp³-hybridized carbons (Fsp3) is 0.571. The Morgan fingerprint density at radius 3 is 1.68 bits per heavy atom. The first-order valence-electron chi connectivity index (χ1n) is 12.1. The highest BCUT2D eigenvalue weighted by Gasteiger charge is 2.46. The molecule has 188 valence electrons. The van der Waals surface area contributed by atoms with Gasteiger partial charge in [0.15, 0.2) is 0 Å². The lowest BCUT2D eigenvalue weighted by molar-refractivity contribution is -0.137. The Morgan fingerprint density at radius 1 is 0.765 bits per heavy atom. The van der Waals surface area contributed by atoms with Gasteiger partial charge in [0.25, 0.3) is 0 Å². The summed E-state index contributed by atoms with van der Waals surface area (Å²) < 4.78 is 53.5. The van der Waals surface area contributed by atoms with Crippen molar-refractivity contribution < 1.29 is 17.6 Å². The first kappa shape index (κ1) is 27.6. The lowest BCUT2D eigenvalue weighted by atomic mass is 10.0. The second kappa shape index (κ2) is 10.2. The highest BCUT2D eigenvalue weighted by molar-refractivity contribution is 7.73. The van der Waals surface area contributed by atoms with Gasteiger partial charge in [-0.2, -0.15) is 13.2 Å². The Bertz CT molecular complexity index is 923. The Hall–Kier alpha value is -0.980. The minimum absolute atomic E-state index is 0.202. The van der Waals surface area contributed by atoms with Gasteiger partial charge in [-0.05, 0) is 83.2 Å². The van der Waals surface area contributed by atoms with E-state index in [1.54, 1.807) is 12.1 Å². The van der Waals surface area contributed by atoms with Crippen molar-refractivity contribution >= 4 is 26.5 Å². The summed E-state index contributed by atoms with van der Waals surface area (Å²) >= 11 is 0. The molecule has 0 bridgehead atoms. The number of rotatable bonds is 5. The molecular weight excluding hydrogens is 474 g/mol. The van der Waals surface area contributed by atoms with Crippen molar-refractivity contribution in [1.29, 1.82) is 0 Å². The van der Waals surface area contributed by atoms with Crippen LogP contribution in [0, 0.1) is 11.7 Å². The standard InChI is InChI=1S/C28H38F4P2/c1-19(34(26(2,3)4)27(5,6)7)24-9-8-10-25(24)33(23-17-13-21(29)14-18-23)22-15-11-20(12-16-22)28(30,31)32/h11-19,24-25H,8-10H2,1-7H3/t19-,24?,25+,33?/m1/s1. The third-order valence-electron chi connectivity index (χ3n) is 6.91. The molecule has 2 unspecified atom stereocenters. The van der Waals surface area contributed by atoms with Crippen LogP contribution in [-0.2, 0) is 6.18 Å². The fourth-order valence-electron chi connectivity index (χ4n) is 6.22. The zero-order valence-corrected chi connectivity index (χ0v) is 23.2. The van der Waals surface area contributed by atoms with Gasteiger partial charge in [-0.3, -0.25) is 0 Å². The van der Waals surface area contributed by atoms with Crippen LogP contribution in [0.1, 0.15) is 73.3 Å². The van der Waals surface area contributed by atoms with Crippen LogP contribution < -0.4 is 10.6 Å². The Balaban J connectivity index is 2.05. The topological polar surface area (TPSA) is 0 Å².